The highest BCUT2D eigenvalue weighted by Gasteiger charge is 2.44. The third-order valence-corrected chi connectivity index (χ3v) is 2.72. The lowest BCUT2D eigenvalue weighted by molar-refractivity contribution is -0.126. The normalized spacial score (nSPS) is 18.1. The Hall–Kier alpha value is -0.770. The van der Waals surface area contributed by atoms with Crippen LogP contribution >= 0.6 is 11.6 Å². The summed E-state index contributed by atoms with van der Waals surface area (Å²) in [4.78, 5) is 22.6. The smallest absolute Gasteiger partial charge is 0.407 e. The summed E-state index contributed by atoms with van der Waals surface area (Å²) in [6.45, 7) is 2.02. The zero-order valence-corrected chi connectivity index (χ0v) is 8.89. The maximum atomic E-state index is 11.5. The molecule has 1 saturated carbocycles. The lowest BCUT2D eigenvalue weighted by atomic mass is 9.74. The number of carbonyl (C=O) groups is 2. The molecule has 1 rings (SSSR count). The molecule has 0 spiro atoms. The van der Waals surface area contributed by atoms with Crippen molar-refractivity contribution in [3.05, 3.63) is 0 Å². The average molecular weight is 220 g/mol. The van der Waals surface area contributed by atoms with Crippen molar-refractivity contribution in [1.29, 1.82) is 0 Å². The van der Waals surface area contributed by atoms with Crippen molar-refractivity contribution in [2.45, 2.75) is 31.7 Å². The van der Waals surface area contributed by atoms with Crippen molar-refractivity contribution < 1.29 is 14.3 Å². The van der Waals surface area contributed by atoms with E-state index in [9.17, 15) is 9.59 Å². The lowest BCUT2D eigenvalue weighted by Gasteiger charge is -2.39. The molecule has 5 heteroatoms. The first-order valence-electron chi connectivity index (χ1n) is 4.69. The van der Waals surface area contributed by atoms with Crippen molar-refractivity contribution in [3.8, 4) is 0 Å². The number of rotatable bonds is 4. The predicted molar refractivity (Wildman–Crippen MR) is 52.5 cm³/mol. The molecular weight excluding hydrogens is 206 g/mol. The van der Waals surface area contributed by atoms with Crippen LogP contribution in [0.1, 0.15) is 26.2 Å². The topological polar surface area (TPSA) is 55.4 Å². The molecule has 4 nitrogen and oxygen atoms in total. The van der Waals surface area contributed by atoms with E-state index < -0.39 is 11.6 Å². The van der Waals surface area contributed by atoms with E-state index >= 15 is 0 Å². The van der Waals surface area contributed by atoms with Crippen LogP contribution < -0.4 is 5.32 Å². The summed E-state index contributed by atoms with van der Waals surface area (Å²) in [5.74, 6) is -0.190. The van der Waals surface area contributed by atoms with Crippen molar-refractivity contribution in [1.82, 2.24) is 5.32 Å². The molecule has 0 radical (unpaired) electrons. The van der Waals surface area contributed by atoms with Gasteiger partial charge in [0, 0.05) is 0 Å². The van der Waals surface area contributed by atoms with E-state index in [1.54, 1.807) is 6.92 Å². The maximum absolute atomic E-state index is 11.5. The molecule has 0 atom stereocenters. The number of ether oxygens (including phenoxy) is 1. The van der Waals surface area contributed by atoms with Gasteiger partial charge in [-0.1, -0.05) is 0 Å². The zero-order valence-electron chi connectivity index (χ0n) is 8.14. The Morgan fingerprint density at radius 1 is 1.50 bits per heavy atom. The van der Waals surface area contributed by atoms with Crippen LogP contribution in [0.5, 0.6) is 0 Å². The second kappa shape index (κ2) is 4.64. The highest BCUT2D eigenvalue weighted by Crippen LogP contribution is 2.33. The highest BCUT2D eigenvalue weighted by molar-refractivity contribution is 6.29. The zero-order chi connectivity index (χ0) is 10.6. The van der Waals surface area contributed by atoms with Gasteiger partial charge < -0.3 is 10.1 Å². The summed E-state index contributed by atoms with van der Waals surface area (Å²) in [6.07, 6.45) is 1.73. The van der Waals surface area contributed by atoms with E-state index in [4.69, 9.17) is 16.3 Å². The summed E-state index contributed by atoms with van der Waals surface area (Å²) >= 11 is 5.47. The Kier molecular flexibility index (Phi) is 3.75. The Morgan fingerprint density at radius 2 is 2.14 bits per heavy atom. The average Bonchev–Trinajstić information content (AvgIpc) is 2.10. The van der Waals surface area contributed by atoms with Gasteiger partial charge in [-0.2, -0.15) is 0 Å². The number of alkyl carbamates (subject to hydrolysis) is 1. The number of carbonyl (C=O) groups excluding carboxylic acids is 2. The van der Waals surface area contributed by atoms with Crippen LogP contribution in [0, 0.1) is 0 Å². The summed E-state index contributed by atoms with van der Waals surface area (Å²) in [6, 6.07) is 0. The van der Waals surface area contributed by atoms with E-state index in [2.05, 4.69) is 5.32 Å². The molecule has 0 bridgehead atoms. The van der Waals surface area contributed by atoms with Gasteiger partial charge in [0.25, 0.3) is 0 Å². The van der Waals surface area contributed by atoms with Crippen molar-refractivity contribution in [3.63, 3.8) is 0 Å². The van der Waals surface area contributed by atoms with Gasteiger partial charge in [0.1, 0.15) is 5.54 Å². The number of amides is 1. The number of Topliss-reactive ketones (excluding diaryl/α,β-unsaturated/α-hetero) is 1. The van der Waals surface area contributed by atoms with E-state index in [0.29, 0.717) is 19.4 Å². The number of hydrogen-bond donors (Lipinski definition) is 1. The minimum atomic E-state index is -0.742. The van der Waals surface area contributed by atoms with Crippen molar-refractivity contribution >= 4 is 23.5 Å². The summed E-state index contributed by atoms with van der Waals surface area (Å²) in [5.41, 5.74) is -0.742. The second-order valence-corrected chi connectivity index (χ2v) is 3.61. The molecule has 80 valence electrons. The lowest BCUT2D eigenvalue weighted by Crippen LogP contribution is -2.59. The SMILES string of the molecule is CCOC(=O)NC1(C(=O)CCl)CCC1. The molecular formula is C9H14ClNO3. The van der Waals surface area contributed by atoms with Crippen LogP contribution in [-0.2, 0) is 9.53 Å². The Bertz CT molecular complexity index is 238. The first kappa shape index (κ1) is 11.3. The largest absolute Gasteiger partial charge is 0.450 e. The third kappa shape index (κ3) is 2.18. The van der Waals surface area contributed by atoms with E-state index in [0.717, 1.165) is 6.42 Å². The summed E-state index contributed by atoms with van der Waals surface area (Å²) in [7, 11) is 0. The minimum absolute atomic E-state index is 0.0631. The quantitative estimate of drug-likeness (QED) is 0.729. The second-order valence-electron chi connectivity index (χ2n) is 3.34. The fourth-order valence-corrected chi connectivity index (χ4v) is 1.75. The van der Waals surface area contributed by atoms with Crippen LogP contribution in [0.25, 0.3) is 0 Å². The molecule has 1 aliphatic carbocycles. The van der Waals surface area contributed by atoms with E-state index in [-0.39, 0.29) is 11.7 Å². The van der Waals surface area contributed by atoms with Gasteiger partial charge >= 0.3 is 6.09 Å². The highest BCUT2D eigenvalue weighted by atomic mass is 35.5. The standard InChI is InChI=1S/C9H14ClNO3/c1-2-14-8(13)11-9(4-3-5-9)7(12)6-10/h2-6H2,1H3,(H,11,13). The van der Waals surface area contributed by atoms with Crippen LogP contribution in [0.4, 0.5) is 4.79 Å². The molecule has 0 saturated heterocycles. The molecule has 0 heterocycles. The van der Waals surface area contributed by atoms with Crippen molar-refractivity contribution in [2.24, 2.45) is 0 Å². The fraction of sp³-hybridized carbons (Fsp3) is 0.778. The Balaban J connectivity index is 2.53. The fourth-order valence-electron chi connectivity index (χ4n) is 1.49. The molecule has 1 fully saturated rings. The van der Waals surface area contributed by atoms with Crippen LogP contribution in [0.15, 0.2) is 0 Å². The van der Waals surface area contributed by atoms with Gasteiger partial charge in [-0.05, 0) is 26.2 Å². The Morgan fingerprint density at radius 3 is 2.50 bits per heavy atom. The third-order valence-electron chi connectivity index (χ3n) is 2.48. The summed E-state index contributed by atoms with van der Waals surface area (Å²) in [5, 5.41) is 2.59. The molecule has 14 heavy (non-hydrogen) atoms. The maximum Gasteiger partial charge on any atom is 0.407 e. The van der Waals surface area contributed by atoms with Crippen LogP contribution in [0.2, 0.25) is 0 Å². The molecule has 0 aliphatic heterocycles. The van der Waals surface area contributed by atoms with Crippen molar-refractivity contribution in [2.75, 3.05) is 12.5 Å². The van der Waals surface area contributed by atoms with Gasteiger partial charge in [0.2, 0.25) is 0 Å². The molecule has 1 amide bonds. The first-order valence-corrected chi connectivity index (χ1v) is 5.22. The summed E-state index contributed by atoms with van der Waals surface area (Å²) < 4.78 is 4.72. The van der Waals surface area contributed by atoms with Gasteiger partial charge in [-0.15, -0.1) is 11.6 Å². The van der Waals surface area contributed by atoms with Gasteiger partial charge in [-0.3, -0.25) is 4.79 Å². The van der Waals surface area contributed by atoms with Crippen LogP contribution in [0.3, 0.4) is 0 Å². The number of halogens is 1. The number of hydrogen-bond acceptors (Lipinski definition) is 3. The first-order chi connectivity index (χ1) is 6.64. The predicted octanol–water partition coefficient (Wildman–Crippen LogP) is 1.46. The van der Waals surface area contributed by atoms with E-state index in [1.165, 1.54) is 0 Å². The van der Waals surface area contributed by atoms with Gasteiger partial charge in [-0.25, -0.2) is 4.79 Å². The minimum Gasteiger partial charge on any atom is -0.450 e. The monoisotopic (exact) mass is 219 g/mol. The molecule has 1 N–H and O–H groups in total. The molecule has 0 unspecified atom stereocenters. The Labute approximate surface area is 87.9 Å². The number of nitrogens with one attached hydrogen (secondary N) is 1. The van der Waals surface area contributed by atoms with E-state index in [1.807, 2.05) is 0 Å². The molecule has 1 aliphatic rings. The molecule has 0 aromatic rings. The van der Waals surface area contributed by atoms with Gasteiger partial charge in [0.15, 0.2) is 5.78 Å². The van der Waals surface area contributed by atoms with Crippen LogP contribution in [-0.4, -0.2) is 29.9 Å². The number of ketones is 1. The van der Waals surface area contributed by atoms with Gasteiger partial charge in [0.05, 0.1) is 12.5 Å². The molecule has 0 aromatic heterocycles. The molecule has 0 aromatic carbocycles. The number of alkyl halides is 1.